The number of phenols is 1. The molecule has 0 fully saturated rings. The molecule has 0 saturated carbocycles. The Morgan fingerprint density at radius 1 is 1.33 bits per heavy atom. The molecule has 4 heteroatoms. The number of nitrogens with zero attached hydrogens (tertiary/aromatic N) is 1. The van der Waals surface area contributed by atoms with E-state index in [1.54, 1.807) is 6.07 Å². The van der Waals surface area contributed by atoms with Crippen molar-refractivity contribution in [1.82, 2.24) is 0 Å². The van der Waals surface area contributed by atoms with Crippen LogP contribution in [0, 0.1) is 10.1 Å². The van der Waals surface area contributed by atoms with E-state index in [1.807, 2.05) is 0 Å². The van der Waals surface area contributed by atoms with Crippen molar-refractivity contribution in [3.63, 3.8) is 0 Å². The molecule has 0 aliphatic carbocycles. The summed E-state index contributed by atoms with van der Waals surface area (Å²) in [6.45, 7) is 6.32. The monoisotopic (exact) mass is 251 g/mol. The van der Waals surface area contributed by atoms with E-state index in [9.17, 15) is 15.2 Å². The Balaban J connectivity index is 2.94. The van der Waals surface area contributed by atoms with Crippen LogP contribution in [-0.4, -0.2) is 10.0 Å². The van der Waals surface area contributed by atoms with E-state index in [0.29, 0.717) is 0 Å². The Morgan fingerprint density at radius 3 is 2.56 bits per heavy atom. The number of aromatic hydroxyl groups is 1. The van der Waals surface area contributed by atoms with Crippen LogP contribution in [-0.2, 0) is 5.41 Å². The molecule has 0 spiro atoms. The molecule has 0 unspecified atom stereocenters. The first-order chi connectivity index (χ1) is 8.38. The van der Waals surface area contributed by atoms with Gasteiger partial charge in [0.2, 0.25) is 0 Å². The van der Waals surface area contributed by atoms with Gasteiger partial charge in [0.15, 0.2) is 5.75 Å². The fourth-order valence-electron chi connectivity index (χ4n) is 2.05. The average Bonchev–Trinajstić information content (AvgIpc) is 2.29. The maximum absolute atomic E-state index is 10.8. The molecule has 0 atom stereocenters. The quantitative estimate of drug-likeness (QED) is 0.469. The number of phenolic OH excluding ortho intramolecular Hbond substituents is 1. The fourth-order valence-corrected chi connectivity index (χ4v) is 2.05. The molecule has 0 heterocycles. The lowest BCUT2D eigenvalue weighted by atomic mass is 9.80. The van der Waals surface area contributed by atoms with Crippen molar-refractivity contribution in [2.75, 3.05) is 0 Å². The van der Waals surface area contributed by atoms with E-state index in [0.717, 1.165) is 24.8 Å². The molecule has 0 saturated heterocycles. The third-order valence-corrected chi connectivity index (χ3v) is 3.36. The zero-order chi connectivity index (χ0) is 13.8. The summed E-state index contributed by atoms with van der Waals surface area (Å²) in [4.78, 5) is 10.3. The van der Waals surface area contributed by atoms with E-state index < -0.39 is 4.92 Å². The predicted molar refractivity (Wildman–Crippen MR) is 71.9 cm³/mol. The minimum absolute atomic E-state index is 0.104. The van der Waals surface area contributed by atoms with Crippen LogP contribution in [0.4, 0.5) is 5.69 Å². The van der Waals surface area contributed by atoms with Gasteiger partial charge in [-0.3, -0.25) is 10.1 Å². The Kier molecular flexibility index (Phi) is 4.70. The van der Waals surface area contributed by atoms with Crippen LogP contribution in [0.25, 0.3) is 0 Å². The van der Waals surface area contributed by atoms with Crippen LogP contribution in [0.5, 0.6) is 5.75 Å². The first-order valence-electron chi connectivity index (χ1n) is 6.36. The number of hydrogen-bond donors (Lipinski definition) is 1. The van der Waals surface area contributed by atoms with Crippen LogP contribution >= 0.6 is 0 Å². The Labute approximate surface area is 108 Å². The normalized spacial score (nSPS) is 11.5. The van der Waals surface area contributed by atoms with Gasteiger partial charge in [0.1, 0.15) is 0 Å². The van der Waals surface area contributed by atoms with Gasteiger partial charge in [-0.25, -0.2) is 0 Å². The Hall–Kier alpha value is -1.58. The zero-order valence-corrected chi connectivity index (χ0v) is 11.3. The number of nitro benzene ring substituents is 1. The Morgan fingerprint density at radius 2 is 2.00 bits per heavy atom. The van der Waals surface area contributed by atoms with Gasteiger partial charge in [-0.05, 0) is 23.5 Å². The standard InChI is InChI=1S/C14H21NO3/c1-4-5-6-9-14(2,3)11-7-8-13(16)12(10-11)15(17)18/h7-8,10,16H,4-6,9H2,1-3H3. The van der Waals surface area contributed by atoms with Crippen LogP contribution in [0.2, 0.25) is 0 Å². The minimum atomic E-state index is -0.541. The topological polar surface area (TPSA) is 63.4 Å². The summed E-state index contributed by atoms with van der Waals surface area (Å²) in [6.07, 6.45) is 4.43. The third-order valence-electron chi connectivity index (χ3n) is 3.36. The van der Waals surface area contributed by atoms with Crippen molar-refractivity contribution >= 4 is 5.69 Å². The van der Waals surface area contributed by atoms with Gasteiger partial charge in [0, 0.05) is 6.07 Å². The number of nitro groups is 1. The molecule has 0 aliphatic heterocycles. The van der Waals surface area contributed by atoms with Gasteiger partial charge in [-0.1, -0.05) is 46.1 Å². The second-order valence-electron chi connectivity index (χ2n) is 5.30. The highest BCUT2D eigenvalue weighted by molar-refractivity contribution is 5.49. The molecule has 1 N–H and O–H groups in total. The maximum Gasteiger partial charge on any atom is 0.310 e. The van der Waals surface area contributed by atoms with Crippen molar-refractivity contribution in [2.24, 2.45) is 0 Å². The van der Waals surface area contributed by atoms with Gasteiger partial charge in [-0.2, -0.15) is 0 Å². The van der Waals surface area contributed by atoms with Crippen LogP contribution < -0.4 is 0 Å². The third kappa shape index (κ3) is 3.45. The lowest BCUT2D eigenvalue weighted by Crippen LogP contribution is -2.17. The second-order valence-corrected chi connectivity index (χ2v) is 5.30. The average molecular weight is 251 g/mol. The predicted octanol–water partition coefficient (Wildman–Crippen LogP) is 4.16. The minimum Gasteiger partial charge on any atom is -0.502 e. The summed E-state index contributed by atoms with van der Waals surface area (Å²) in [7, 11) is 0. The molecule has 0 bridgehead atoms. The van der Waals surface area contributed by atoms with E-state index in [2.05, 4.69) is 20.8 Å². The van der Waals surface area contributed by atoms with E-state index >= 15 is 0 Å². The summed E-state index contributed by atoms with van der Waals surface area (Å²) in [5, 5.41) is 20.3. The Bertz CT molecular complexity index is 427. The molecule has 0 radical (unpaired) electrons. The van der Waals surface area contributed by atoms with Gasteiger partial charge >= 0.3 is 5.69 Å². The van der Waals surface area contributed by atoms with Gasteiger partial charge in [-0.15, -0.1) is 0 Å². The van der Waals surface area contributed by atoms with Gasteiger partial charge in [0.05, 0.1) is 4.92 Å². The van der Waals surface area contributed by atoms with Crippen molar-refractivity contribution in [3.8, 4) is 5.75 Å². The van der Waals surface area contributed by atoms with Crippen LogP contribution in [0.15, 0.2) is 18.2 Å². The lowest BCUT2D eigenvalue weighted by molar-refractivity contribution is -0.386. The maximum atomic E-state index is 10.8. The largest absolute Gasteiger partial charge is 0.502 e. The summed E-state index contributed by atoms with van der Waals surface area (Å²) >= 11 is 0. The van der Waals surface area contributed by atoms with Crippen LogP contribution in [0.3, 0.4) is 0 Å². The molecule has 1 rings (SSSR count). The number of unbranched alkanes of at least 4 members (excludes halogenated alkanes) is 2. The zero-order valence-electron chi connectivity index (χ0n) is 11.3. The van der Waals surface area contributed by atoms with Crippen molar-refractivity contribution in [3.05, 3.63) is 33.9 Å². The van der Waals surface area contributed by atoms with Gasteiger partial charge in [0.25, 0.3) is 0 Å². The molecule has 0 aromatic heterocycles. The summed E-state index contributed by atoms with van der Waals surface area (Å²) in [6, 6.07) is 4.67. The van der Waals surface area contributed by atoms with Crippen molar-refractivity contribution in [2.45, 2.75) is 51.9 Å². The summed E-state index contributed by atoms with van der Waals surface area (Å²) in [5.74, 6) is -0.270. The molecule has 1 aromatic carbocycles. The molecule has 0 aliphatic rings. The highest BCUT2D eigenvalue weighted by Gasteiger charge is 2.24. The van der Waals surface area contributed by atoms with Gasteiger partial charge < -0.3 is 5.11 Å². The smallest absolute Gasteiger partial charge is 0.310 e. The van der Waals surface area contributed by atoms with Crippen LogP contribution in [0.1, 0.15) is 52.0 Å². The highest BCUT2D eigenvalue weighted by atomic mass is 16.6. The number of benzene rings is 1. The lowest BCUT2D eigenvalue weighted by Gasteiger charge is -2.25. The molecule has 4 nitrogen and oxygen atoms in total. The van der Waals surface area contributed by atoms with E-state index in [4.69, 9.17) is 0 Å². The summed E-state index contributed by atoms with van der Waals surface area (Å²) < 4.78 is 0. The highest BCUT2D eigenvalue weighted by Crippen LogP contribution is 2.35. The first kappa shape index (κ1) is 14.5. The molecule has 18 heavy (non-hydrogen) atoms. The molecule has 1 aromatic rings. The first-order valence-corrected chi connectivity index (χ1v) is 6.36. The van der Waals surface area contributed by atoms with E-state index in [-0.39, 0.29) is 16.9 Å². The molecular formula is C14H21NO3. The second kappa shape index (κ2) is 5.85. The van der Waals surface area contributed by atoms with Crippen molar-refractivity contribution in [1.29, 1.82) is 0 Å². The molecule has 0 amide bonds. The number of hydrogen-bond acceptors (Lipinski definition) is 3. The van der Waals surface area contributed by atoms with Crippen molar-refractivity contribution < 1.29 is 10.0 Å². The molecule has 100 valence electrons. The summed E-state index contributed by atoms with van der Waals surface area (Å²) in [5.41, 5.74) is 0.590. The number of rotatable bonds is 6. The fraction of sp³-hybridized carbons (Fsp3) is 0.571. The van der Waals surface area contributed by atoms with E-state index in [1.165, 1.54) is 18.6 Å². The molecular weight excluding hydrogens is 230 g/mol. The SMILES string of the molecule is CCCCCC(C)(C)c1ccc(O)c([N+](=O)[O-])c1.